The summed E-state index contributed by atoms with van der Waals surface area (Å²) in [6, 6.07) is 0. The van der Waals surface area contributed by atoms with Gasteiger partial charge in [-0.2, -0.15) is 0 Å². The maximum Gasteiger partial charge on any atom is 0.308 e. The maximum atomic E-state index is 5.23. The molecule has 1 aromatic rings. The van der Waals surface area contributed by atoms with Gasteiger partial charge in [-0.15, -0.1) is 0 Å². The summed E-state index contributed by atoms with van der Waals surface area (Å²) in [6.07, 6.45) is 0.903. The Hall–Kier alpha value is -0.990. The molecule has 0 saturated carbocycles. The van der Waals surface area contributed by atoms with E-state index in [0.717, 1.165) is 12.1 Å². The normalized spacial score (nSPS) is 10.8. The van der Waals surface area contributed by atoms with Gasteiger partial charge in [0.2, 0.25) is 0 Å². The zero-order chi connectivity index (χ0) is 9.14. The van der Waals surface area contributed by atoms with Gasteiger partial charge in [0.15, 0.2) is 5.89 Å². The first-order valence-corrected chi connectivity index (χ1v) is 4.13. The average molecular weight is 169 g/mol. The lowest BCUT2D eigenvalue weighted by Crippen LogP contribution is -1.96. The highest BCUT2D eigenvalue weighted by Crippen LogP contribution is 2.21. The quantitative estimate of drug-likeness (QED) is 0.695. The molecule has 0 atom stereocenters. The molecule has 0 N–H and O–H groups in total. The topological polar surface area (TPSA) is 35.3 Å². The van der Waals surface area contributed by atoms with Gasteiger partial charge in [0.25, 0.3) is 0 Å². The van der Waals surface area contributed by atoms with Crippen molar-refractivity contribution in [2.75, 3.05) is 7.11 Å². The number of aryl methyl sites for hydroxylation is 1. The monoisotopic (exact) mass is 169 g/mol. The molecule has 1 heterocycles. The number of hydrogen-bond donors (Lipinski definition) is 0. The highest BCUT2D eigenvalue weighted by molar-refractivity contribution is 5.16. The number of aromatic nitrogens is 1. The van der Waals surface area contributed by atoms with Crippen molar-refractivity contribution in [1.29, 1.82) is 0 Å². The Morgan fingerprint density at radius 2 is 2.17 bits per heavy atom. The minimum absolute atomic E-state index is 0.557. The Morgan fingerprint density at radius 1 is 1.50 bits per heavy atom. The molecule has 1 aromatic heterocycles. The van der Waals surface area contributed by atoms with Gasteiger partial charge >= 0.3 is 5.95 Å². The molecule has 12 heavy (non-hydrogen) atoms. The molecule has 68 valence electrons. The van der Waals surface area contributed by atoms with Gasteiger partial charge in [-0.3, -0.25) is 0 Å². The fraction of sp³-hybridized carbons (Fsp3) is 0.667. The number of oxazole rings is 1. The van der Waals surface area contributed by atoms with Crippen molar-refractivity contribution in [3.05, 3.63) is 11.6 Å². The van der Waals surface area contributed by atoms with Crippen LogP contribution < -0.4 is 4.74 Å². The summed E-state index contributed by atoms with van der Waals surface area (Å²) >= 11 is 0. The third kappa shape index (κ3) is 2.00. The van der Waals surface area contributed by atoms with Crippen molar-refractivity contribution in [2.45, 2.75) is 27.2 Å². The Balaban J connectivity index is 2.81. The van der Waals surface area contributed by atoms with E-state index >= 15 is 0 Å². The van der Waals surface area contributed by atoms with Gasteiger partial charge in [-0.1, -0.05) is 13.8 Å². The van der Waals surface area contributed by atoms with E-state index in [1.165, 1.54) is 0 Å². The molecular formula is C9H15NO2. The predicted molar refractivity (Wildman–Crippen MR) is 46.3 cm³/mol. The Bertz CT molecular complexity index is 253. The molecule has 0 unspecified atom stereocenters. The average Bonchev–Trinajstić information content (AvgIpc) is 2.29. The third-order valence-corrected chi connectivity index (χ3v) is 1.56. The zero-order valence-corrected chi connectivity index (χ0v) is 8.05. The number of hydrogen-bond acceptors (Lipinski definition) is 3. The van der Waals surface area contributed by atoms with E-state index in [4.69, 9.17) is 9.15 Å². The number of nitrogens with zero attached hydrogens (tertiary/aromatic N) is 1. The van der Waals surface area contributed by atoms with E-state index in [1.54, 1.807) is 7.11 Å². The summed E-state index contributed by atoms with van der Waals surface area (Å²) in [4.78, 5) is 4.23. The van der Waals surface area contributed by atoms with Gasteiger partial charge in [0, 0.05) is 6.92 Å². The molecule has 0 aliphatic heterocycles. The van der Waals surface area contributed by atoms with Crippen LogP contribution in [0.25, 0.3) is 0 Å². The zero-order valence-electron chi connectivity index (χ0n) is 8.05. The van der Waals surface area contributed by atoms with Crippen LogP contribution in [0.2, 0.25) is 0 Å². The molecule has 0 aliphatic rings. The van der Waals surface area contributed by atoms with Crippen molar-refractivity contribution in [3.8, 4) is 5.95 Å². The van der Waals surface area contributed by atoms with Crippen LogP contribution in [0.3, 0.4) is 0 Å². The molecule has 0 saturated heterocycles. The number of methoxy groups -OCH3 is 1. The van der Waals surface area contributed by atoms with Crippen LogP contribution in [0.15, 0.2) is 4.42 Å². The second kappa shape index (κ2) is 3.61. The van der Waals surface area contributed by atoms with E-state index in [1.807, 2.05) is 6.92 Å². The second-order valence-electron chi connectivity index (χ2n) is 3.27. The van der Waals surface area contributed by atoms with Crippen molar-refractivity contribution < 1.29 is 9.15 Å². The standard InChI is InChI=1S/C9H15NO2/c1-6(2)5-8-9(11-4)12-7(3)10-8/h6H,5H2,1-4H3. The molecular weight excluding hydrogens is 154 g/mol. The summed E-state index contributed by atoms with van der Waals surface area (Å²) in [6.45, 7) is 6.11. The first-order chi connectivity index (χ1) is 5.63. The van der Waals surface area contributed by atoms with Crippen molar-refractivity contribution in [3.63, 3.8) is 0 Å². The minimum Gasteiger partial charge on any atom is -0.467 e. The maximum absolute atomic E-state index is 5.23. The van der Waals surface area contributed by atoms with Gasteiger partial charge < -0.3 is 9.15 Å². The molecule has 0 spiro atoms. The molecule has 0 aromatic carbocycles. The summed E-state index contributed by atoms with van der Waals surface area (Å²) < 4.78 is 10.3. The largest absolute Gasteiger partial charge is 0.467 e. The third-order valence-electron chi connectivity index (χ3n) is 1.56. The van der Waals surface area contributed by atoms with Crippen LogP contribution in [0.5, 0.6) is 5.95 Å². The van der Waals surface area contributed by atoms with E-state index < -0.39 is 0 Å². The molecule has 3 nitrogen and oxygen atoms in total. The smallest absolute Gasteiger partial charge is 0.308 e. The highest BCUT2D eigenvalue weighted by Gasteiger charge is 2.12. The van der Waals surface area contributed by atoms with Gasteiger partial charge in [-0.05, 0) is 12.3 Å². The van der Waals surface area contributed by atoms with Crippen LogP contribution in [-0.4, -0.2) is 12.1 Å². The van der Waals surface area contributed by atoms with E-state index in [2.05, 4.69) is 18.8 Å². The van der Waals surface area contributed by atoms with E-state index in [9.17, 15) is 0 Å². The number of rotatable bonds is 3. The Labute approximate surface area is 72.7 Å². The first-order valence-electron chi connectivity index (χ1n) is 4.13. The van der Waals surface area contributed by atoms with Crippen LogP contribution in [-0.2, 0) is 6.42 Å². The second-order valence-corrected chi connectivity index (χ2v) is 3.27. The Morgan fingerprint density at radius 3 is 2.67 bits per heavy atom. The SMILES string of the molecule is COc1oc(C)nc1CC(C)C. The lowest BCUT2D eigenvalue weighted by atomic mass is 10.1. The molecule has 3 heteroatoms. The summed E-state index contributed by atoms with van der Waals surface area (Å²) in [5.41, 5.74) is 0.921. The summed E-state index contributed by atoms with van der Waals surface area (Å²) in [7, 11) is 1.60. The first kappa shape index (κ1) is 9.10. The molecule has 0 fully saturated rings. The lowest BCUT2D eigenvalue weighted by molar-refractivity contribution is 0.293. The fourth-order valence-electron chi connectivity index (χ4n) is 1.13. The van der Waals surface area contributed by atoms with Gasteiger partial charge in [-0.25, -0.2) is 4.98 Å². The van der Waals surface area contributed by atoms with Crippen LogP contribution >= 0.6 is 0 Å². The van der Waals surface area contributed by atoms with E-state index in [-0.39, 0.29) is 0 Å². The van der Waals surface area contributed by atoms with Gasteiger partial charge in [0.1, 0.15) is 5.69 Å². The summed E-state index contributed by atoms with van der Waals surface area (Å²) in [5, 5.41) is 0. The van der Waals surface area contributed by atoms with Crippen molar-refractivity contribution >= 4 is 0 Å². The lowest BCUT2D eigenvalue weighted by Gasteiger charge is -2.01. The van der Waals surface area contributed by atoms with Crippen LogP contribution in [0.4, 0.5) is 0 Å². The molecule has 0 radical (unpaired) electrons. The highest BCUT2D eigenvalue weighted by atomic mass is 16.6. The van der Waals surface area contributed by atoms with Crippen molar-refractivity contribution in [2.24, 2.45) is 5.92 Å². The van der Waals surface area contributed by atoms with Crippen molar-refractivity contribution in [1.82, 2.24) is 4.98 Å². The molecule has 0 bridgehead atoms. The fourth-order valence-corrected chi connectivity index (χ4v) is 1.13. The predicted octanol–water partition coefficient (Wildman–Crippen LogP) is 2.19. The minimum atomic E-state index is 0.557. The van der Waals surface area contributed by atoms with E-state index in [0.29, 0.717) is 17.8 Å². The molecule has 1 rings (SSSR count). The number of ether oxygens (including phenoxy) is 1. The molecule has 0 amide bonds. The Kier molecular flexibility index (Phi) is 2.74. The summed E-state index contributed by atoms with van der Waals surface area (Å²) in [5.74, 6) is 1.80. The van der Waals surface area contributed by atoms with Crippen LogP contribution in [0, 0.1) is 12.8 Å². The molecule has 0 aliphatic carbocycles. The van der Waals surface area contributed by atoms with Gasteiger partial charge in [0.05, 0.1) is 7.11 Å². The van der Waals surface area contributed by atoms with Crippen LogP contribution in [0.1, 0.15) is 25.4 Å².